The van der Waals surface area contributed by atoms with Crippen LogP contribution in [0.2, 0.25) is 0 Å². The Kier molecular flexibility index (Phi) is 6.40. The van der Waals surface area contributed by atoms with Crippen LogP contribution in [-0.2, 0) is 16.1 Å². The van der Waals surface area contributed by atoms with Crippen molar-refractivity contribution >= 4 is 23.3 Å². The van der Waals surface area contributed by atoms with Crippen LogP contribution < -0.4 is 10.6 Å². The van der Waals surface area contributed by atoms with E-state index in [9.17, 15) is 19.7 Å². The molecule has 8 heteroatoms. The third-order valence-corrected chi connectivity index (χ3v) is 3.71. The Morgan fingerprint density at radius 3 is 2.50 bits per heavy atom. The average Bonchev–Trinajstić information content (AvgIpc) is 2.66. The summed E-state index contributed by atoms with van der Waals surface area (Å²) in [5, 5.41) is 16.5. The molecule has 0 fully saturated rings. The molecule has 2 rings (SSSR count). The number of hydrogen-bond donors (Lipinski definition) is 2. The highest BCUT2D eigenvalue weighted by Gasteiger charge is 2.14. The lowest BCUT2D eigenvalue weighted by Crippen LogP contribution is -2.37. The Morgan fingerprint density at radius 1 is 1.19 bits per heavy atom. The summed E-state index contributed by atoms with van der Waals surface area (Å²) in [6, 6.07) is 12.1. The van der Waals surface area contributed by atoms with Gasteiger partial charge in [0.25, 0.3) is 5.69 Å². The number of rotatable bonds is 7. The van der Waals surface area contributed by atoms with Gasteiger partial charge in [-0.2, -0.15) is 0 Å². The van der Waals surface area contributed by atoms with Gasteiger partial charge in [-0.05, 0) is 30.7 Å². The van der Waals surface area contributed by atoms with Crippen molar-refractivity contribution in [3.05, 3.63) is 69.8 Å². The molecule has 2 aromatic carbocycles. The molecule has 0 heterocycles. The molecule has 0 saturated heterocycles. The first-order valence-electron chi connectivity index (χ1n) is 7.86. The molecule has 136 valence electrons. The summed E-state index contributed by atoms with van der Waals surface area (Å²) in [4.78, 5) is 33.8. The van der Waals surface area contributed by atoms with Crippen LogP contribution >= 0.6 is 0 Å². The van der Waals surface area contributed by atoms with Crippen LogP contribution in [0.1, 0.15) is 22.8 Å². The van der Waals surface area contributed by atoms with E-state index in [1.165, 1.54) is 25.3 Å². The largest absolute Gasteiger partial charge is 0.465 e. The van der Waals surface area contributed by atoms with Crippen molar-refractivity contribution in [3.8, 4) is 0 Å². The summed E-state index contributed by atoms with van der Waals surface area (Å²) < 4.78 is 4.64. The fourth-order valence-electron chi connectivity index (χ4n) is 2.19. The average molecular weight is 357 g/mol. The van der Waals surface area contributed by atoms with Crippen molar-refractivity contribution in [2.24, 2.45) is 0 Å². The first-order valence-corrected chi connectivity index (χ1v) is 7.86. The van der Waals surface area contributed by atoms with Gasteiger partial charge in [0, 0.05) is 24.4 Å². The van der Waals surface area contributed by atoms with Gasteiger partial charge in [-0.1, -0.05) is 18.2 Å². The summed E-state index contributed by atoms with van der Waals surface area (Å²) >= 11 is 0. The van der Waals surface area contributed by atoms with E-state index in [0.717, 1.165) is 5.56 Å². The fraction of sp³-hybridized carbons (Fsp3) is 0.222. The highest BCUT2D eigenvalue weighted by Crippen LogP contribution is 2.17. The number of carbonyl (C=O) groups excluding carboxylic acids is 2. The van der Waals surface area contributed by atoms with Crippen molar-refractivity contribution in [1.29, 1.82) is 0 Å². The lowest BCUT2D eigenvalue weighted by atomic mass is 10.1. The molecule has 0 aliphatic carbocycles. The van der Waals surface area contributed by atoms with E-state index in [1.54, 1.807) is 37.3 Å². The van der Waals surface area contributed by atoms with Crippen molar-refractivity contribution in [3.63, 3.8) is 0 Å². The van der Waals surface area contributed by atoms with Gasteiger partial charge in [0.15, 0.2) is 0 Å². The van der Waals surface area contributed by atoms with Crippen LogP contribution in [0.5, 0.6) is 0 Å². The van der Waals surface area contributed by atoms with Crippen molar-refractivity contribution < 1.29 is 19.2 Å². The molecule has 8 nitrogen and oxygen atoms in total. The second kappa shape index (κ2) is 8.72. The summed E-state index contributed by atoms with van der Waals surface area (Å²) in [5.74, 6) is -0.717. The highest BCUT2D eigenvalue weighted by molar-refractivity contribution is 5.94. The van der Waals surface area contributed by atoms with Crippen molar-refractivity contribution in [1.82, 2.24) is 5.32 Å². The molecule has 0 radical (unpaired) electrons. The number of non-ortho nitro benzene ring substituents is 1. The Morgan fingerprint density at radius 2 is 1.88 bits per heavy atom. The van der Waals surface area contributed by atoms with E-state index in [4.69, 9.17) is 0 Å². The molecule has 26 heavy (non-hydrogen) atoms. The minimum absolute atomic E-state index is 0.0888. The lowest BCUT2D eigenvalue weighted by molar-refractivity contribution is -0.384. The number of benzene rings is 2. The van der Waals surface area contributed by atoms with Crippen LogP contribution in [0.3, 0.4) is 0 Å². The highest BCUT2D eigenvalue weighted by atomic mass is 16.6. The van der Waals surface area contributed by atoms with Gasteiger partial charge in [-0.3, -0.25) is 14.9 Å². The molecule has 1 amide bonds. The van der Waals surface area contributed by atoms with E-state index in [0.29, 0.717) is 17.8 Å². The molecular formula is C18H19N3O5. The summed E-state index contributed by atoms with van der Waals surface area (Å²) in [6.45, 7) is 2.11. The van der Waals surface area contributed by atoms with Crippen LogP contribution in [0.15, 0.2) is 48.5 Å². The number of esters is 1. The maximum Gasteiger partial charge on any atom is 0.337 e. The van der Waals surface area contributed by atoms with Crippen LogP contribution in [0.25, 0.3) is 0 Å². The van der Waals surface area contributed by atoms with Crippen molar-refractivity contribution in [2.75, 3.05) is 12.4 Å². The van der Waals surface area contributed by atoms with E-state index in [1.807, 2.05) is 0 Å². The predicted molar refractivity (Wildman–Crippen MR) is 95.8 cm³/mol. The minimum atomic E-state index is -0.519. The smallest absolute Gasteiger partial charge is 0.337 e. The monoisotopic (exact) mass is 357 g/mol. The van der Waals surface area contributed by atoms with E-state index in [2.05, 4.69) is 15.4 Å². The second-order valence-corrected chi connectivity index (χ2v) is 5.59. The van der Waals surface area contributed by atoms with Gasteiger partial charge in [-0.15, -0.1) is 0 Å². The number of methoxy groups -OCH3 is 1. The van der Waals surface area contributed by atoms with Gasteiger partial charge in [-0.25, -0.2) is 4.79 Å². The Hall–Kier alpha value is -3.26. The number of anilines is 1. The van der Waals surface area contributed by atoms with Gasteiger partial charge >= 0.3 is 5.97 Å². The van der Waals surface area contributed by atoms with Crippen LogP contribution in [0.4, 0.5) is 11.4 Å². The summed E-state index contributed by atoms with van der Waals surface area (Å²) in [6.07, 6.45) is 0. The van der Waals surface area contributed by atoms with E-state index in [-0.39, 0.29) is 11.6 Å². The molecule has 0 aliphatic heterocycles. The molecule has 0 saturated carbocycles. The van der Waals surface area contributed by atoms with E-state index < -0.39 is 16.9 Å². The fourth-order valence-corrected chi connectivity index (χ4v) is 2.19. The molecular weight excluding hydrogens is 338 g/mol. The number of nitro benzene ring substituents is 1. The zero-order valence-corrected chi connectivity index (χ0v) is 14.4. The number of hydrogen-bond acceptors (Lipinski definition) is 6. The first-order chi connectivity index (χ1) is 12.4. The SMILES string of the molecule is COC(=O)c1ccc(CN[C@H](C)C(=O)Nc2cccc([N+](=O)[O-])c2)cc1. The summed E-state index contributed by atoms with van der Waals surface area (Å²) in [7, 11) is 1.32. The number of amides is 1. The topological polar surface area (TPSA) is 111 Å². The minimum Gasteiger partial charge on any atom is -0.465 e. The molecule has 2 aromatic rings. The molecule has 0 aliphatic rings. The van der Waals surface area contributed by atoms with E-state index >= 15 is 0 Å². The number of nitrogens with one attached hydrogen (secondary N) is 2. The Balaban J connectivity index is 1.90. The number of carbonyl (C=O) groups is 2. The third kappa shape index (κ3) is 5.12. The van der Waals surface area contributed by atoms with Gasteiger partial charge in [0.1, 0.15) is 0 Å². The third-order valence-electron chi connectivity index (χ3n) is 3.71. The maximum absolute atomic E-state index is 12.2. The zero-order valence-electron chi connectivity index (χ0n) is 14.4. The molecule has 2 N–H and O–H groups in total. The van der Waals surface area contributed by atoms with Gasteiger partial charge < -0.3 is 15.4 Å². The molecule has 0 spiro atoms. The van der Waals surface area contributed by atoms with Gasteiger partial charge in [0.2, 0.25) is 5.91 Å². The number of nitrogens with zero attached hydrogens (tertiary/aromatic N) is 1. The first kappa shape index (κ1) is 19.1. The standard InChI is InChI=1S/C18H19N3O5/c1-12(17(22)20-15-4-3-5-16(10-15)21(24)25)19-11-13-6-8-14(9-7-13)18(23)26-2/h3-10,12,19H,11H2,1-2H3,(H,20,22)/t12-/m1/s1. The number of nitro groups is 1. The van der Waals surface area contributed by atoms with Gasteiger partial charge in [0.05, 0.1) is 23.6 Å². The lowest BCUT2D eigenvalue weighted by Gasteiger charge is -2.14. The molecule has 0 unspecified atom stereocenters. The van der Waals surface area contributed by atoms with Crippen LogP contribution in [0, 0.1) is 10.1 Å². The van der Waals surface area contributed by atoms with Crippen molar-refractivity contribution in [2.45, 2.75) is 19.5 Å². The maximum atomic E-state index is 12.2. The van der Waals surface area contributed by atoms with Crippen LogP contribution in [-0.4, -0.2) is 30.0 Å². The molecule has 0 bridgehead atoms. The quantitative estimate of drug-likeness (QED) is 0.447. The number of ether oxygens (including phenoxy) is 1. The second-order valence-electron chi connectivity index (χ2n) is 5.59. The molecule has 1 atom stereocenters. The Labute approximate surface area is 150 Å². The molecule has 0 aromatic heterocycles. The predicted octanol–water partition coefficient (Wildman–Crippen LogP) is 2.50. The normalized spacial score (nSPS) is 11.5. The summed E-state index contributed by atoms with van der Waals surface area (Å²) in [5.41, 5.74) is 1.62. The zero-order chi connectivity index (χ0) is 19.1. The Bertz CT molecular complexity index is 805.